The lowest BCUT2D eigenvalue weighted by atomic mass is 10.2. The second kappa shape index (κ2) is 5.87. The maximum atomic E-state index is 12.6. The Bertz CT molecular complexity index is 866. The van der Waals surface area contributed by atoms with Gasteiger partial charge in [0.1, 0.15) is 5.69 Å². The van der Waals surface area contributed by atoms with Crippen molar-refractivity contribution in [3.05, 3.63) is 47.6 Å². The van der Waals surface area contributed by atoms with Crippen molar-refractivity contribution in [2.75, 3.05) is 5.32 Å². The van der Waals surface area contributed by atoms with E-state index in [0.29, 0.717) is 35.7 Å². The van der Waals surface area contributed by atoms with Gasteiger partial charge in [0.2, 0.25) is 5.89 Å². The second-order valence-electron chi connectivity index (χ2n) is 5.77. The molecule has 0 atom stereocenters. The van der Waals surface area contributed by atoms with Crippen LogP contribution in [0.2, 0.25) is 0 Å². The number of aromatic nitrogens is 5. The van der Waals surface area contributed by atoms with Gasteiger partial charge < -0.3 is 9.73 Å². The number of rotatable bonds is 5. The Morgan fingerprint density at radius 2 is 1.88 bits per heavy atom. The van der Waals surface area contributed by atoms with Crippen molar-refractivity contribution in [3.63, 3.8) is 0 Å². The molecule has 0 bridgehead atoms. The van der Waals surface area contributed by atoms with Gasteiger partial charge in [0.15, 0.2) is 0 Å². The first-order valence-electron chi connectivity index (χ1n) is 7.65. The van der Waals surface area contributed by atoms with Gasteiger partial charge in [-0.3, -0.25) is 0 Å². The number of anilines is 1. The number of nitrogens with zero attached hydrogens (tertiary/aromatic N) is 5. The molecule has 1 aromatic carbocycles. The Hall–Kier alpha value is -2.91. The van der Waals surface area contributed by atoms with E-state index < -0.39 is 11.7 Å². The first kappa shape index (κ1) is 15.6. The van der Waals surface area contributed by atoms with Crippen LogP contribution in [0.25, 0.3) is 5.69 Å². The number of benzene rings is 1. The van der Waals surface area contributed by atoms with Crippen LogP contribution in [-0.4, -0.2) is 25.2 Å². The van der Waals surface area contributed by atoms with E-state index >= 15 is 0 Å². The third-order valence-corrected chi connectivity index (χ3v) is 3.79. The number of halogens is 3. The minimum Gasteiger partial charge on any atom is -0.408 e. The summed E-state index contributed by atoms with van der Waals surface area (Å²) in [5.41, 5.74) is 0.368. The molecule has 7 nitrogen and oxygen atoms in total. The molecular formula is C15H13F3N6O. The molecular weight excluding hydrogens is 337 g/mol. The maximum absolute atomic E-state index is 12.6. The Morgan fingerprint density at radius 1 is 1.12 bits per heavy atom. The van der Waals surface area contributed by atoms with E-state index in [0.717, 1.165) is 25.0 Å². The van der Waals surface area contributed by atoms with E-state index in [1.165, 1.54) is 16.8 Å². The van der Waals surface area contributed by atoms with Crippen molar-refractivity contribution in [3.8, 4) is 5.69 Å². The lowest BCUT2D eigenvalue weighted by Crippen LogP contribution is -2.05. The smallest absolute Gasteiger partial charge is 0.408 e. The quantitative estimate of drug-likeness (QED) is 0.761. The van der Waals surface area contributed by atoms with Crippen molar-refractivity contribution in [1.29, 1.82) is 0 Å². The molecule has 10 heteroatoms. The third-order valence-electron chi connectivity index (χ3n) is 3.79. The highest BCUT2D eigenvalue weighted by molar-refractivity contribution is 5.35. The lowest BCUT2D eigenvalue weighted by molar-refractivity contribution is -0.137. The molecule has 25 heavy (non-hydrogen) atoms. The van der Waals surface area contributed by atoms with E-state index in [2.05, 4.69) is 25.8 Å². The fraction of sp³-hybridized carbons (Fsp3) is 0.333. The topological polar surface area (TPSA) is 81.7 Å². The maximum Gasteiger partial charge on any atom is 0.416 e. The fourth-order valence-corrected chi connectivity index (χ4v) is 2.28. The zero-order valence-electron chi connectivity index (χ0n) is 12.9. The molecule has 3 aromatic rings. The van der Waals surface area contributed by atoms with E-state index in [1.54, 1.807) is 6.20 Å². The van der Waals surface area contributed by atoms with Gasteiger partial charge in [0.25, 0.3) is 0 Å². The molecule has 0 amide bonds. The van der Waals surface area contributed by atoms with Gasteiger partial charge in [-0.1, -0.05) is 10.3 Å². The molecule has 0 saturated heterocycles. The van der Waals surface area contributed by atoms with Crippen LogP contribution in [0.3, 0.4) is 0 Å². The van der Waals surface area contributed by atoms with E-state index in [4.69, 9.17) is 4.42 Å². The van der Waals surface area contributed by atoms with Gasteiger partial charge in [0.05, 0.1) is 24.0 Å². The number of hydrogen-bond donors (Lipinski definition) is 1. The average molecular weight is 350 g/mol. The van der Waals surface area contributed by atoms with Crippen LogP contribution in [0, 0.1) is 0 Å². The molecule has 1 fully saturated rings. The van der Waals surface area contributed by atoms with Crippen LogP contribution in [-0.2, 0) is 12.7 Å². The summed E-state index contributed by atoms with van der Waals surface area (Å²) in [5, 5.41) is 18.7. The second-order valence-corrected chi connectivity index (χ2v) is 5.77. The number of hydrogen-bond acceptors (Lipinski definition) is 6. The van der Waals surface area contributed by atoms with Crippen molar-refractivity contribution in [2.45, 2.75) is 31.5 Å². The summed E-state index contributed by atoms with van der Waals surface area (Å²) in [6.07, 6.45) is -0.598. The summed E-state index contributed by atoms with van der Waals surface area (Å²) in [6.45, 7) is 0.312. The zero-order valence-corrected chi connectivity index (χ0v) is 12.9. The molecule has 0 aliphatic heterocycles. The van der Waals surface area contributed by atoms with Gasteiger partial charge in [-0.15, -0.1) is 10.2 Å². The molecule has 1 saturated carbocycles. The van der Waals surface area contributed by atoms with Gasteiger partial charge >= 0.3 is 12.2 Å². The largest absolute Gasteiger partial charge is 0.416 e. The lowest BCUT2D eigenvalue weighted by Gasteiger charge is -2.07. The SMILES string of the molecule is FC(F)(F)c1ccc(-n2cc(CNc3nnc(C4CC4)o3)nn2)cc1. The predicted molar refractivity (Wildman–Crippen MR) is 80.0 cm³/mol. The minimum absolute atomic E-state index is 0.311. The van der Waals surface area contributed by atoms with Crippen molar-refractivity contribution >= 4 is 6.01 Å². The summed E-state index contributed by atoms with van der Waals surface area (Å²) in [7, 11) is 0. The molecule has 4 rings (SSSR count). The molecule has 130 valence electrons. The van der Waals surface area contributed by atoms with E-state index in [-0.39, 0.29) is 0 Å². The number of alkyl halides is 3. The first-order valence-corrected chi connectivity index (χ1v) is 7.65. The summed E-state index contributed by atoms with van der Waals surface area (Å²) in [4.78, 5) is 0. The van der Waals surface area contributed by atoms with Crippen LogP contribution in [0.1, 0.15) is 35.9 Å². The van der Waals surface area contributed by atoms with Crippen LogP contribution >= 0.6 is 0 Å². The van der Waals surface area contributed by atoms with Crippen molar-refractivity contribution in [1.82, 2.24) is 25.2 Å². The minimum atomic E-state index is -4.36. The van der Waals surface area contributed by atoms with E-state index in [1.807, 2.05) is 0 Å². The Labute approximate surface area is 139 Å². The van der Waals surface area contributed by atoms with Gasteiger partial charge in [-0.2, -0.15) is 13.2 Å². The third kappa shape index (κ3) is 3.47. The van der Waals surface area contributed by atoms with Crippen LogP contribution in [0.15, 0.2) is 34.9 Å². The molecule has 1 aliphatic carbocycles. The number of nitrogens with one attached hydrogen (secondary N) is 1. The molecule has 1 aliphatic rings. The predicted octanol–water partition coefficient (Wildman–Crippen LogP) is 3.16. The van der Waals surface area contributed by atoms with Gasteiger partial charge in [-0.25, -0.2) is 4.68 Å². The molecule has 0 radical (unpaired) electrons. The van der Waals surface area contributed by atoms with E-state index in [9.17, 15) is 13.2 Å². The highest BCUT2D eigenvalue weighted by Crippen LogP contribution is 2.39. The fourth-order valence-electron chi connectivity index (χ4n) is 2.28. The summed E-state index contributed by atoms with van der Waals surface area (Å²) < 4.78 is 44.6. The van der Waals surface area contributed by atoms with Gasteiger partial charge in [-0.05, 0) is 37.1 Å². The summed E-state index contributed by atoms with van der Waals surface area (Å²) in [6, 6.07) is 5.01. The highest BCUT2D eigenvalue weighted by Gasteiger charge is 2.30. The Kier molecular flexibility index (Phi) is 3.66. The molecule has 2 heterocycles. The van der Waals surface area contributed by atoms with Gasteiger partial charge in [0, 0.05) is 5.92 Å². The summed E-state index contributed by atoms with van der Waals surface area (Å²) >= 11 is 0. The van der Waals surface area contributed by atoms with Crippen molar-refractivity contribution in [2.24, 2.45) is 0 Å². The standard InChI is InChI=1S/C15H13F3N6O/c16-15(17,18)10-3-5-12(6-4-10)24-8-11(20-23-24)7-19-14-22-21-13(25-14)9-1-2-9/h3-6,8-9H,1-2,7H2,(H,19,22). The van der Waals surface area contributed by atoms with Crippen molar-refractivity contribution < 1.29 is 17.6 Å². The van der Waals surface area contributed by atoms with Crippen LogP contribution in [0.5, 0.6) is 0 Å². The Balaban J connectivity index is 1.41. The Morgan fingerprint density at radius 3 is 2.56 bits per heavy atom. The molecule has 0 spiro atoms. The summed E-state index contributed by atoms with van der Waals surface area (Å²) in [5.74, 6) is 1.01. The molecule has 0 unspecified atom stereocenters. The monoisotopic (exact) mass is 350 g/mol. The van der Waals surface area contributed by atoms with Crippen LogP contribution < -0.4 is 5.32 Å². The average Bonchev–Trinajstić information content (AvgIpc) is 3.15. The zero-order chi connectivity index (χ0) is 17.4. The van der Waals surface area contributed by atoms with Crippen LogP contribution in [0.4, 0.5) is 19.2 Å². The molecule has 2 aromatic heterocycles. The highest BCUT2D eigenvalue weighted by atomic mass is 19.4. The normalized spacial score (nSPS) is 14.7. The first-order chi connectivity index (χ1) is 12.0. The molecule has 1 N–H and O–H groups in total.